The average Bonchev–Trinajstić information content (AvgIpc) is 2.26. The second kappa shape index (κ2) is 5.16. The molecule has 0 saturated carbocycles. The van der Waals surface area contributed by atoms with Crippen LogP contribution < -0.4 is 5.32 Å². The van der Waals surface area contributed by atoms with E-state index in [2.05, 4.69) is 5.32 Å². The highest BCUT2D eigenvalue weighted by atomic mass is 16.4. The minimum atomic E-state index is -1.20. The number of nitrogens with one attached hydrogen (secondary N) is 1. The molecule has 0 amide bonds. The maximum atomic E-state index is 10.8. The van der Waals surface area contributed by atoms with Crippen LogP contribution in [0, 0.1) is 6.92 Å². The van der Waals surface area contributed by atoms with Crippen molar-refractivity contribution in [3.05, 3.63) is 29.3 Å². The molecule has 1 rings (SSSR count). The monoisotopic (exact) mass is 239 g/mol. The maximum absolute atomic E-state index is 10.8. The van der Waals surface area contributed by atoms with Crippen LogP contribution in [0.2, 0.25) is 0 Å². The number of aliphatic hydroxyl groups is 2. The van der Waals surface area contributed by atoms with E-state index >= 15 is 0 Å². The van der Waals surface area contributed by atoms with Crippen LogP contribution in [0.5, 0.6) is 0 Å². The summed E-state index contributed by atoms with van der Waals surface area (Å²) in [7, 11) is 0. The highest BCUT2D eigenvalue weighted by Crippen LogP contribution is 2.16. The topological polar surface area (TPSA) is 89.8 Å². The summed E-state index contributed by atoms with van der Waals surface area (Å²) >= 11 is 0. The van der Waals surface area contributed by atoms with Crippen LogP contribution in [0.15, 0.2) is 18.2 Å². The second-order valence-electron chi connectivity index (χ2n) is 4.34. The number of carboxylic acid groups (broad SMARTS) is 1. The van der Waals surface area contributed by atoms with Crippen molar-refractivity contribution >= 4 is 11.7 Å². The van der Waals surface area contributed by atoms with Crippen LogP contribution in [-0.2, 0) is 0 Å². The van der Waals surface area contributed by atoms with Crippen molar-refractivity contribution in [2.45, 2.75) is 19.4 Å². The lowest BCUT2D eigenvalue weighted by atomic mass is 10.1. The van der Waals surface area contributed by atoms with E-state index in [1.807, 2.05) is 0 Å². The van der Waals surface area contributed by atoms with E-state index in [4.69, 9.17) is 10.2 Å². The summed E-state index contributed by atoms with van der Waals surface area (Å²) < 4.78 is 0. The zero-order chi connectivity index (χ0) is 13.1. The Morgan fingerprint density at radius 1 is 1.47 bits per heavy atom. The van der Waals surface area contributed by atoms with E-state index < -0.39 is 11.6 Å². The van der Waals surface area contributed by atoms with E-state index in [-0.39, 0.29) is 18.7 Å². The number of carboxylic acids is 1. The number of hydrogen-bond donors (Lipinski definition) is 4. The summed E-state index contributed by atoms with van der Waals surface area (Å²) in [6, 6.07) is 4.83. The third-order valence-corrected chi connectivity index (χ3v) is 2.47. The molecule has 1 aromatic rings. The van der Waals surface area contributed by atoms with Gasteiger partial charge in [0.1, 0.15) is 5.60 Å². The number of carbonyl (C=O) groups is 1. The molecular formula is C12H17NO4. The third-order valence-electron chi connectivity index (χ3n) is 2.47. The molecule has 0 aliphatic carbocycles. The molecule has 4 N–H and O–H groups in total. The largest absolute Gasteiger partial charge is 0.478 e. The molecule has 0 aromatic heterocycles. The van der Waals surface area contributed by atoms with E-state index in [0.29, 0.717) is 11.3 Å². The van der Waals surface area contributed by atoms with E-state index in [0.717, 1.165) is 0 Å². The summed E-state index contributed by atoms with van der Waals surface area (Å²) in [4.78, 5) is 10.8. The SMILES string of the molecule is Cc1cc(NCC(C)(O)CO)ccc1C(=O)O. The summed E-state index contributed by atoms with van der Waals surface area (Å²) in [5.74, 6) is -0.962. The summed E-state index contributed by atoms with van der Waals surface area (Å²) in [5.41, 5.74) is 0.413. The number of rotatable bonds is 5. The van der Waals surface area contributed by atoms with Gasteiger partial charge in [-0.2, -0.15) is 0 Å². The van der Waals surface area contributed by atoms with Gasteiger partial charge < -0.3 is 20.6 Å². The lowest BCUT2D eigenvalue weighted by molar-refractivity contribution is 0.0132. The van der Waals surface area contributed by atoms with Crippen LogP contribution in [0.1, 0.15) is 22.8 Å². The van der Waals surface area contributed by atoms with Gasteiger partial charge in [-0.15, -0.1) is 0 Å². The summed E-state index contributed by atoms with van der Waals surface area (Å²) in [6.07, 6.45) is 0. The van der Waals surface area contributed by atoms with Crippen molar-refractivity contribution in [3.8, 4) is 0 Å². The van der Waals surface area contributed by atoms with Gasteiger partial charge >= 0.3 is 5.97 Å². The lowest BCUT2D eigenvalue weighted by Crippen LogP contribution is -2.37. The first kappa shape index (κ1) is 13.5. The molecule has 1 unspecified atom stereocenters. The molecule has 94 valence electrons. The quantitative estimate of drug-likeness (QED) is 0.611. The van der Waals surface area contributed by atoms with Crippen LogP contribution in [0.25, 0.3) is 0 Å². The van der Waals surface area contributed by atoms with Crippen LogP contribution in [0.4, 0.5) is 5.69 Å². The van der Waals surface area contributed by atoms with Gasteiger partial charge in [-0.3, -0.25) is 0 Å². The van der Waals surface area contributed by atoms with E-state index in [9.17, 15) is 9.90 Å². The molecule has 0 aliphatic heterocycles. The molecule has 5 nitrogen and oxygen atoms in total. The molecular weight excluding hydrogens is 222 g/mol. The minimum absolute atomic E-state index is 0.190. The van der Waals surface area contributed by atoms with Gasteiger partial charge in [-0.05, 0) is 37.6 Å². The Balaban J connectivity index is 2.75. The van der Waals surface area contributed by atoms with Crippen molar-refractivity contribution < 1.29 is 20.1 Å². The van der Waals surface area contributed by atoms with Crippen molar-refractivity contribution in [2.24, 2.45) is 0 Å². The normalized spacial score (nSPS) is 14.1. The molecule has 17 heavy (non-hydrogen) atoms. The lowest BCUT2D eigenvalue weighted by Gasteiger charge is -2.21. The highest BCUT2D eigenvalue weighted by molar-refractivity contribution is 5.89. The molecule has 0 radical (unpaired) electrons. The Morgan fingerprint density at radius 3 is 2.59 bits per heavy atom. The molecule has 0 fully saturated rings. The molecule has 1 aromatic carbocycles. The van der Waals surface area contributed by atoms with E-state index in [1.54, 1.807) is 19.1 Å². The predicted octanol–water partition coefficient (Wildman–Crippen LogP) is 0.848. The Hall–Kier alpha value is -1.59. The smallest absolute Gasteiger partial charge is 0.335 e. The van der Waals surface area contributed by atoms with Gasteiger partial charge in [-0.25, -0.2) is 4.79 Å². The first-order valence-corrected chi connectivity index (χ1v) is 5.27. The number of aromatic carboxylic acids is 1. The Labute approximate surface area is 99.7 Å². The molecule has 0 saturated heterocycles. The summed E-state index contributed by atoms with van der Waals surface area (Å²) in [6.45, 7) is 3.07. The van der Waals surface area contributed by atoms with Gasteiger partial charge in [0.2, 0.25) is 0 Å². The molecule has 0 spiro atoms. The van der Waals surface area contributed by atoms with Gasteiger partial charge in [0, 0.05) is 12.2 Å². The van der Waals surface area contributed by atoms with Crippen molar-refractivity contribution in [3.63, 3.8) is 0 Å². The van der Waals surface area contributed by atoms with Crippen LogP contribution in [0.3, 0.4) is 0 Å². The number of benzene rings is 1. The number of hydrogen-bond acceptors (Lipinski definition) is 4. The number of anilines is 1. The van der Waals surface area contributed by atoms with Gasteiger partial charge in [0.25, 0.3) is 0 Å². The summed E-state index contributed by atoms with van der Waals surface area (Å²) in [5, 5.41) is 30.3. The Kier molecular flexibility index (Phi) is 4.09. The predicted molar refractivity (Wildman–Crippen MR) is 64.3 cm³/mol. The van der Waals surface area contributed by atoms with Crippen molar-refractivity contribution in [1.82, 2.24) is 0 Å². The van der Waals surface area contributed by atoms with Crippen LogP contribution >= 0.6 is 0 Å². The fourth-order valence-corrected chi connectivity index (χ4v) is 1.36. The van der Waals surface area contributed by atoms with Gasteiger partial charge in [-0.1, -0.05) is 0 Å². The van der Waals surface area contributed by atoms with Crippen molar-refractivity contribution in [2.75, 3.05) is 18.5 Å². The molecule has 0 bridgehead atoms. The number of aryl methyl sites for hydroxylation is 1. The molecule has 0 aliphatic rings. The fraction of sp³-hybridized carbons (Fsp3) is 0.417. The van der Waals surface area contributed by atoms with E-state index in [1.165, 1.54) is 13.0 Å². The first-order valence-electron chi connectivity index (χ1n) is 5.27. The third kappa shape index (κ3) is 3.72. The Bertz CT molecular complexity index is 415. The maximum Gasteiger partial charge on any atom is 0.335 e. The van der Waals surface area contributed by atoms with Crippen molar-refractivity contribution in [1.29, 1.82) is 0 Å². The zero-order valence-electron chi connectivity index (χ0n) is 9.90. The number of aliphatic hydroxyl groups excluding tert-OH is 1. The fourth-order valence-electron chi connectivity index (χ4n) is 1.36. The standard InChI is InChI=1S/C12H17NO4/c1-8-5-9(3-4-10(8)11(15)16)13-6-12(2,17)7-14/h3-5,13-14,17H,6-7H2,1-2H3,(H,15,16). The first-order chi connectivity index (χ1) is 7.85. The second-order valence-corrected chi connectivity index (χ2v) is 4.34. The Morgan fingerprint density at radius 2 is 2.12 bits per heavy atom. The molecule has 1 atom stereocenters. The van der Waals surface area contributed by atoms with Gasteiger partial charge in [0.05, 0.1) is 12.2 Å². The molecule has 5 heteroatoms. The highest BCUT2D eigenvalue weighted by Gasteiger charge is 2.18. The minimum Gasteiger partial charge on any atom is -0.478 e. The van der Waals surface area contributed by atoms with Gasteiger partial charge in [0.15, 0.2) is 0 Å². The van der Waals surface area contributed by atoms with Crippen LogP contribution in [-0.4, -0.2) is 40.0 Å². The zero-order valence-corrected chi connectivity index (χ0v) is 9.90. The molecule has 0 heterocycles. The average molecular weight is 239 g/mol.